The van der Waals surface area contributed by atoms with E-state index in [2.05, 4.69) is 10.1 Å². The number of nitrogens with one attached hydrogen (secondary N) is 1. The van der Waals surface area contributed by atoms with Crippen molar-refractivity contribution in [3.8, 4) is 0 Å². The first-order chi connectivity index (χ1) is 4.31. The van der Waals surface area contributed by atoms with Crippen molar-refractivity contribution in [2.45, 2.75) is 6.92 Å². The summed E-state index contributed by atoms with van der Waals surface area (Å²) in [6, 6.07) is 0. The summed E-state index contributed by atoms with van der Waals surface area (Å²) in [6.45, 7) is 2.27. The normalized spacial score (nSPS) is 8.67. The number of hydrogen-bond acceptors (Lipinski definition) is 3. The Morgan fingerprint density at radius 2 is 2.44 bits per heavy atom. The molecule has 0 spiro atoms. The van der Waals surface area contributed by atoms with Gasteiger partial charge in [-0.1, -0.05) is 0 Å². The van der Waals surface area contributed by atoms with Gasteiger partial charge >= 0.3 is 6.09 Å². The molecule has 0 aromatic heterocycles. The summed E-state index contributed by atoms with van der Waals surface area (Å²) in [5.74, 6) is 0. The van der Waals surface area contributed by atoms with Gasteiger partial charge in [0.25, 0.3) is 0 Å². The molecule has 0 aliphatic rings. The molecule has 0 fully saturated rings. The number of rotatable bonds is 3. The van der Waals surface area contributed by atoms with Crippen LogP contribution in [0.3, 0.4) is 0 Å². The van der Waals surface area contributed by atoms with E-state index < -0.39 is 6.09 Å². The molecule has 0 radical (unpaired) electrons. The van der Waals surface area contributed by atoms with E-state index in [1.54, 1.807) is 6.92 Å². The van der Waals surface area contributed by atoms with Gasteiger partial charge in [-0.25, -0.2) is 4.79 Å². The van der Waals surface area contributed by atoms with Gasteiger partial charge in [0.15, 0.2) is 0 Å². The molecule has 1 amide bonds. The zero-order valence-electron chi connectivity index (χ0n) is 5.39. The smallest absolute Gasteiger partial charge is 0.407 e. The predicted octanol–water partition coefficient (Wildman–Crippen LogP) is -0.275. The average molecular weight is 133 g/mol. The maximum Gasteiger partial charge on any atom is 0.407 e. The minimum atomic E-state index is -0.480. The summed E-state index contributed by atoms with van der Waals surface area (Å²) in [5, 5.41) is 10.5. The third kappa shape index (κ3) is 5.10. The molecule has 0 heterocycles. The van der Waals surface area contributed by atoms with Crippen LogP contribution in [0.15, 0.2) is 0 Å². The highest BCUT2D eigenvalue weighted by atomic mass is 16.5. The van der Waals surface area contributed by atoms with Gasteiger partial charge in [-0.3, -0.25) is 0 Å². The van der Waals surface area contributed by atoms with Gasteiger partial charge in [-0.05, 0) is 6.92 Å². The molecule has 0 aliphatic carbocycles. The first kappa shape index (κ1) is 8.23. The molecule has 0 aromatic rings. The molecule has 4 heteroatoms. The van der Waals surface area contributed by atoms with Crippen LogP contribution in [0.1, 0.15) is 6.92 Å². The zero-order valence-corrected chi connectivity index (χ0v) is 5.39. The van der Waals surface area contributed by atoms with Crippen molar-refractivity contribution in [1.82, 2.24) is 5.32 Å². The van der Waals surface area contributed by atoms with E-state index in [1.807, 2.05) is 0 Å². The fraction of sp³-hybridized carbons (Fsp3) is 0.800. The highest BCUT2D eigenvalue weighted by molar-refractivity contribution is 5.66. The minimum Gasteiger partial charge on any atom is -0.450 e. The van der Waals surface area contributed by atoms with Gasteiger partial charge in [0.1, 0.15) is 0 Å². The second-order valence-corrected chi connectivity index (χ2v) is 1.37. The number of aliphatic hydroxyl groups is 1. The zero-order chi connectivity index (χ0) is 7.11. The Kier molecular flexibility index (Phi) is 4.91. The second kappa shape index (κ2) is 5.37. The molecule has 0 aliphatic heterocycles. The number of aliphatic hydroxyl groups excluding tert-OH is 1. The summed E-state index contributed by atoms with van der Waals surface area (Å²) in [6.07, 6.45) is -0.480. The highest BCUT2D eigenvalue weighted by Gasteiger charge is 1.95. The lowest BCUT2D eigenvalue weighted by Crippen LogP contribution is -2.26. The fourth-order valence-electron chi connectivity index (χ4n) is 0.340. The summed E-state index contributed by atoms with van der Waals surface area (Å²) < 4.78 is 4.48. The third-order valence-corrected chi connectivity index (χ3v) is 0.657. The highest BCUT2D eigenvalue weighted by Crippen LogP contribution is 1.73. The second-order valence-electron chi connectivity index (χ2n) is 1.37. The Morgan fingerprint density at radius 3 is 2.89 bits per heavy atom. The molecule has 0 aromatic carbocycles. The van der Waals surface area contributed by atoms with Crippen LogP contribution < -0.4 is 5.32 Å². The molecular weight excluding hydrogens is 122 g/mol. The van der Waals surface area contributed by atoms with Crippen molar-refractivity contribution < 1.29 is 14.6 Å². The van der Waals surface area contributed by atoms with Gasteiger partial charge < -0.3 is 15.2 Å². The lowest BCUT2D eigenvalue weighted by Gasteiger charge is -2.00. The van der Waals surface area contributed by atoms with Crippen molar-refractivity contribution in [3.63, 3.8) is 0 Å². The molecule has 4 nitrogen and oxygen atoms in total. The quantitative estimate of drug-likeness (QED) is 0.557. The minimum absolute atomic E-state index is 0.0567. The maximum absolute atomic E-state index is 10.4. The van der Waals surface area contributed by atoms with E-state index in [9.17, 15) is 4.79 Å². The Hall–Kier alpha value is -0.770. The number of carbonyl (C=O) groups excluding carboxylic acids is 1. The monoisotopic (exact) mass is 133 g/mol. The summed E-state index contributed by atoms with van der Waals surface area (Å²) in [5.41, 5.74) is 0. The molecule has 54 valence electrons. The number of ether oxygens (including phenoxy) is 1. The Labute approximate surface area is 53.8 Å². The van der Waals surface area contributed by atoms with E-state index in [0.717, 1.165) is 0 Å². The van der Waals surface area contributed by atoms with Crippen LogP contribution in [-0.2, 0) is 4.74 Å². The van der Waals surface area contributed by atoms with E-state index in [-0.39, 0.29) is 13.2 Å². The van der Waals surface area contributed by atoms with Crippen molar-refractivity contribution in [1.29, 1.82) is 0 Å². The standard InChI is InChI=1S/C5H11NO3/c1-2-9-5(8)6-3-4-7/h7H,2-4H2,1H3,(H,6,8). The van der Waals surface area contributed by atoms with Crippen LogP contribution in [0.2, 0.25) is 0 Å². The number of amides is 1. The third-order valence-electron chi connectivity index (χ3n) is 0.657. The Morgan fingerprint density at radius 1 is 1.78 bits per heavy atom. The molecule has 2 N–H and O–H groups in total. The van der Waals surface area contributed by atoms with Gasteiger partial charge in [-0.15, -0.1) is 0 Å². The number of alkyl carbamates (subject to hydrolysis) is 1. The Balaban J connectivity index is 3.06. The molecule has 0 rings (SSSR count). The summed E-state index contributed by atoms with van der Waals surface area (Å²) >= 11 is 0. The lowest BCUT2D eigenvalue weighted by atomic mass is 10.7. The first-order valence-electron chi connectivity index (χ1n) is 2.82. The van der Waals surface area contributed by atoms with E-state index in [0.29, 0.717) is 6.61 Å². The molecule has 0 bridgehead atoms. The maximum atomic E-state index is 10.4. The largest absolute Gasteiger partial charge is 0.450 e. The van der Waals surface area contributed by atoms with E-state index in [1.165, 1.54) is 0 Å². The molecule has 0 unspecified atom stereocenters. The average Bonchev–Trinajstić information content (AvgIpc) is 1.85. The molecule has 0 saturated heterocycles. The van der Waals surface area contributed by atoms with Crippen LogP contribution in [0, 0.1) is 0 Å². The Bertz CT molecular complexity index is 84.3. The van der Waals surface area contributed by atoms with Gasteiger partial charge in [0, 0.05) is 6.54 Å². The van der Waals surface area contributed by atoms with Gasteiger partial charge in [0.2, 0.25) is 0 Å². The van der Waals surface area contributed by atoms with Gasteiger partial charge in [-0.2, -0.15) is 0 Å². The summed E-state index contributed by atoms with van der Waals surface area (Å²) in [4.78, 5) is 10.4. The number of carbonyl (C=O) groups is 1. The van der Waals surface area contributed by atoms with Crippen LogP contribution in [0.4, 0.5) is 4.79 Å². The van der Waals surface area contributed by atoms with E-state index >= 15 is 0 Å². The van der Waals surface area contributed by atoms with E-state index in [4.69, 9.17) is 5.11 Å². The molecule has 0 atom stereocenters. The fourth-order valence-corrected chi connectivity index (χ4v) is 0.340. The van der Waals surface area contributed by atoms with Gasteiger partial charge in [0.05, 0.1) is 13.2 Å². The van der Waals surface area contributed by atoms with Crippen molar-refractivity contribution in [2.24, 2.45) is 0 Å². The number of hydrogen-bond donors (Lipinski definition) is 2. The van der Waals surface area contributed by atoms with Crippen LogP contribution in [0.25, 0.3) is 0 Å². The van der Waals surface area contributed by atoms with Crippen molar-refractivity contribution in [2.75, 3.05) is 19.8 Å². The molecule has 9 heavy (non-hydrogen) atoms. The molecular formula is C5H11NO3. The van der Waals surface area contributed by atoms with Crippen LogP contribution >= 0.6 is 0 Å². The molecule has 0 saturated carbocycles. The van der Waals surface area contributed by atoms with Crippen LogP contribution in [0.5, 0.6) is 0 Å². The SMILES string of the molecule is CCOC(=O)NCCO. The summed E-state index contributed by atoms with van der Waals surface area (Å²) in [7, 11) is 0. The lowest BCUT2D eigenvalue weighted by molar-refractivity contribution is 0.149. The topological polar surface area (TPSA) is 58.6 Å². The first-order valence-corrected chi connectivity index (χ1v) is 2.82. The van der Waals surface area contributed by atoms with Crippen molar-refractivity contribution >= 4 is 6.09 Å². The van der Waals surface area contributed by atoms with Crippen LogP contribution in [-0.4, -0.2) is 31.0 Å². The van der Waals surface area contributed by atoms with Crippen molar-refractivity contribution in [3.05, 3.63) is 0 Å². The predicted molar refractivity (Wildman–Crippen MR) is 32.1 cm³/mol.